The Bertz CT molecular complexity index is 997. The van der Waals surface area contributed by atoms with Crippen molar-refractivity contribution in [3.05, 3.63) is 42.0 Å². The molecule has 7 N–H and O–H groups in total. The number of methoxy groups -OCH3 is 1. The van der Waals surface area contributed by atoms with Crippen molar-refractivity contribution in [1.29, 1.82) is 0 Å². The Morgan fingerprint density at radius 1 is 1.11 bits per heavy atom. The maximum Gasteiger partial charge on any atom is 0.328 e. The monoisotopic (exact) mass is 552 g/mol. The van der Waals surface area contributed by atoms with Gasteiger partial charge in [0.05, 0.1) is 7.11 Å². The lowest BCUT2D eigenvalue weighted by Gasteiger charge is -2.24. The first kappa shape index (κ1) is 32.2. The van der Waals surface area contributed by atoms with Crippen LogP contribution in [0.25, 0.3) is 0 Å². The van der Waals surface area contributed by atoms with Gasteiger partial charge in [0.25, 0.3) is 0 Å². The van der Waals surface area contributed by atoms with Crippen LogP contribution in [0.15, 0.2) is 41.4 Å². The average Bonchev–Trinajstić information content (AvgIpc) is 2.86. The first-order valence-corrected chi connectivity index (χ1v) is 12.1. The zero-order valence-electron chi connectivity index (χ0n) is 21.6. The van der Waals surface area contributed by atoms with Crippen molar-refractivity contribution in [2.75, 3.05) is 20.3 Å². The summed E-state index contributed by atoms with van der Waals surface area (Å²) in [5.74, 6) is -1.50. The molecule has 2 aliphatic heterocycles. The summed E-state index contributed by atoms with van der Waals surface area (Å²) in [5, 5.41) is 8.05. The number of esters is 1. The molecule has 0 spiro atoms. The quantitative estimate of drug-likeness (QED) is 0.103. The number of hydrogen-bond donors (Lipinski definition) is 5. The van der Waals surface area contributed by atoms with E-state index in [0.717, 1.165) is 5.56 Å². The minimum atomic E-state index is -0.972. The molecule has 3 rings (SSSR count). The number of unbranched alkanes of at least 4 members (excludes halogenated alkanes) is 1. The van der Waals surface area contributed by atoms with Crippen LogP contribution in [0.4, 0.5) is 0 Å². The number of benzene rings is 1. The van der Waals surface area contributed by atoms with Crippen LogP contribution in [0, 0.1) is 0 Å². The van der Waals surface area contributed by atoms with E-state index in [0.29, 0.717) is 25.1 Å². The van der Waals surface area contributed by atoms with Gasteiger partial charge in [-0.15, -0.1) is 12.4 Å². The van der Waals surface area contributed by atoms with E-state index in [1.807, 2.05) is 0 Å². The normalized spacial score (nSPS) is 20.8. The largest absolute Gasteiger partial charge is 0.490 e. The summed E-state index contributed by atoms with van der Waals surface area (Å²) in [6, 6.07) is 4.30. The Hall–Kier alpha value is -3.80. The summed E-state index contributed by atoms with van der Waals surface area (Å²) in [5.41, 5.74) is 11.5. The van der Waals surface area contributed by atoms with Crippen molar-refractivity contribution in [1.82, 2.24) is 16.0 Å². The number of rotatable bonds is 7. The summed E-state index contributed by atoms with van der Waals surface area (Å²) in [6.07, 6.45) is 5.17. The number of ether oxygens (including phenoxy) is 2. The van der Waals surface area contributed by atoms with Gasteiger partial charge >= 0.3 is 5.97 Å². The van der Waals surface area contributed by atoms with Crippen molar-refractivity contribution in [2.24, 2.45) is 16.5 Å². The van der Waals surface area contributed by atoms with Gasteiger partial charge in [-0.25, -0.2) is 4.79 Å². The van der Waals surface area contributed by atoms with Gasteiger partial charge in [0.15, 0.2) is 5.96 Å². The van der Waals surface area contributed by atoms with Crippen LogP contribution in [0.5, 0.6) is 5.75 Å². The van der Waals surface area contributed by atoms with Crippen LogP contribution in [-0.4, -0.2) is 68.0 Å². The SMILES string of the molecule is COC(=O)[C@@H]1C/C=C\COc2ccc(cc2)C[C@H](NC(C)=O)C(=O)N[C@@H](CCCCN=C(N)N)C(=O)N1.Cl. The van der Waals surface area contributed by atoms with Gasteiger partial charge in [-0.2, -0.15) is 0 Å². The third-order valence-corrected chi connectivity index (χ3v) is 5.57. The number of carbonyl (C=O) groups excluding carboxylic acids is 4. The van der Waals surface area contributed by atoms with E-state index < -0.39 is 35.9 Å². The molecule has 3 amide bonds. The molecule has 0 fully saturated rings. The van der Waals surface area contributed by atoms with E-state index in [1.54, 1.807) is 36.4 Å². The third-order valence-electron chi connectivity index (χ3n) is 5.57. The Labute approximate surface area is 228 Å². The van der Waals surface area contributed by atoms with Crippen LogP contribution in [-0.2, 0) is 30.3 Å². The van der Waals surface area contributed by atoms with Crippen molar-refractivity contribution < 1.29 is 28.7 Å². The number of halogens is 1. The van der Waals surface area contributed by atoms with Gasteiger partial charge < -0.3 is 36.9 Å². The van der Waals surface area contributed by atoms with Gasteiger partial charge in [0, 0.05) is 19.9 Å². The maximum absolute atomic E-state index is 13.2. The van der Waals surface area contributed by atoms with E-state index in [-0.39, 0.29) is 50.1 Å². The molecule has 2 aliphatic rings. The second kappa shape index (κ2) is 16.8. The standard InChI is InChI=1S/C25H36N6O6.ClH/c1-16(32)29-21-15-17-9-11-18(12-10-17)37-14-6-4-8-20(24(35)36-2)31-22(33)19(30-23(21)34)7-3-5-13-28-25(26)27;/h4,6,9-12,19-21H,3,5,7-8,13-15H2,1-2H3,(H,29,32)(H,30,34)(H,31,33)(H4,26,27,28);1H/b6-4-;/t19-,20-,21-;/m0./s1. The lowest BCUT2D eigenvalue weighted by molar-refractivity contribution is -0.145. The molecule has 0 radical (unpaired) electrons. The van der Waals surface area contributed by atoms with Crippen molar-refractivity contribution in [2.45, 2.75) is 57.2 Å². The minimum Gasteiger partial charge on any atom is -0.490 e. The zero-order chi connectivity index (χ0) is 27.2. The van der Waals surface area contributed by atoms with E-state index in [2.05, 4.69) is 20.9 Å². The number of carbonyl (C=O) groups is 4. The molecular weight excluding hydrogens is 516 g/mol. The lowest BCUT2D eigenvalue weighted by Crippen LogP contribution is -2.56. The van der Waals surface area contributed by atoms with Crippen LogP contribution >= 0.6 is 12.4 Å². The second-order valence-electron chi connectivity index (χ2n) is 8.57. The molecule has 2 heterocycles. The van der Waals surface area contributed by atoms with Gasteiger partial charge in [-0.3, -0.25) is 19.4 Å². The van der Waals surface area contributed by atoms with E-state index >= 15 is 0 Å². The van der Waals surface area contributed by atoms with Gasteiger partial charge in [-0.05, 0) is 43.4 Å². The van der Waals surface area contributed by atoms with Gasteiger partial charge in [0.2, 0.25) is 17.7 Å². The number of amides is 3. The molecule has 1 aromatic rings. The molecule has 13 heteroatoms. The molecule has 2 bridgehead atoms. The molecule has 0 aromatic heterocycles. The topological polar surface area (TPSA) is 187 Å². The van der Waals surface area contributed by atoms with Crippen molar-refractivity contribution >= 4 is 42.1 Å². The third kappa shape index (κ3) is 11.5. The van der Waals surface area contributed by atoms with E-state index in [4.69, 9.17) is 20.9 Å². The Balaban J connectivity index is 0.00000722. The van der Waals surface area contributed by atoms with Crippen LogP contribution in [0.2, 0.25) is 0 Å². The number of nitrogens with two attached hydrogens (primary N) is 2. The van der Waals surface area contributed by atoms with E-state index in [9.17, 15) is 19.2 Å². The summed E-state index contributed by atoms with van der Waals surface area (Å²) < 4.78 is 10.5. The van der Waals surface area contributed by atoms with Crippen molar-refractivity contribution in [3.63, 3.8) is 0 Å². The van der Waals surface area contributed by atoms with E-state index in [1.165, 1.54) is 14.0 Å². The fraction of sp³-hybridized carbons (Fsp3) is 0.480. The molecule has 0 saturated heterocycles. The predicted octanol–water partition coefficient (Wildman–Crippen LogP) is 0.0806. The van der Waals surface area contributed by atoms with Crippen molar-refractivity contribution in [3.8, 4) is 5.75 Å². The Kier molecular flexibility index (Phi) is 14.3. The highest BCUT2D eigenvalue weighted by molar-refractivity contribution is 5.93. The molecule has 12 nitrogen and oxygen atoms in total. The fourth-order valence-electron chi connectivity index (χ4n) is 3.69. The molecule has 3 atom stereocenters. The van der Waals surface area contributed by atoms with Crippen LogP contribution < -0.4 is 32.2 Å². The molecule has 0 unspecified atom stereocenters. The summed E-state index contributed by atoms with van der Waals surface area (Å²) in [4.78, 5) is 54.5. The Morgan fingerprint density at radius 2 is 1.82 bits per heavy atom. The number of fused-ring (bicyclic) bond motifs is 13. The smallest absolute Gasteiger partial charge is 0.328 e. The molecule has 1 aromatic carbocycles. The number of aliphatic imine (C=N–C) groups is 1. The first-order chi connectivity index (χ1) is 17.7. The highest BCUT2D eigenvalue weighted by Gasteiger charge is 2.29. The zero-order valence-corrected chi connectivity index (χ0v) is 22.4. The average molecular weight is 553 g/mol. The number of hydrogen-bond acceptors (Lipinski definition) is 7. The van der Waals surface area contributed by atoms with Crippen LogP contribution in [0.1, 0.15) is 38.2 Å². The van der Waals surface area contributed by atoms with Gasteiger partial charge in [0.1, 0.15) is 30.5 Å². The number of guanidine groups is 1. The second-order valence-corrected chi connectivity index (χ2v) is 8.57. The minimum absolute atomic E-state index is 0. The molecule has 38 heavy (non-hydrogen) atoms. The van der Waals surface area contributed by atoms with Crippen LogP contribution in [0.3, 0.4) is 0 Å². The number of nitrogens with one attached hydrogen (secondary N) is 3. The highest BCUT2D eigenvalue weighted by atomic mass is 35.5. The molecular formula is C25H37ClN6O6. The Morgan fingerprint density at radius 3 is 2.45 bits per heavy atom. The number of nitrogens with zero attached hydrogens (tertiary/aromatic N) is 1. The molecule has 210 valence electrons. The molecule has 0 aliphatic carbocycles. The fourth-order valence-corrected chi connectivity index (χ4v) is 3.69. The lowest BCUT2D eigenvalue weighted by atomic mass is 10.0. The maximum atomic E-state index is 13.2. The summed E-state index contributed by atoms with van der Waals surface area (Å²) >= 11 is 0. The van der Waals surface area contributed by atoms with Gasteiger partial charge in [-0.1, -0.05) is 24.3 Å². The predicted molar refractivity (Wildman–Crippen MR) is 145 cm³/mol. The highest BCUT2D eigenvalue weighted by Crippen LogP contribution is 2.15. The summed E-state index contributed by atoms with van der Waals surface area (Å²) in [7, 11) is 1.23. The molecule has 0 saturated carbocycles. The summed E-state index contributed by atoms with van der Waals surface area (Å²) in [6.45, 7) is 1.94. The first-order valence-electron chi connectivity index (χ1n) is 12.1.